The van der Waals surface area contributed by atoms with Gasteiger partial charge < -0.3 is 14.6 Å². The molecule has 2 heterocycles. The van der Waals surface area contributed by atoms with Gasteiger partial charge in [0.1, 0.15) is 0 Å². The summed E-state index contributed by atoms with van der Waals surface area (Å²) in [7, 11) is 0. The summed E-state index contributed by atoms with van der Waals surface area (Å²) in [5.41, 5.74) is 0.374. The topological polar surface area (TPSA) is 131 Å². The van der Waals surface area contributed by atoms with Crippen molar-refractivity contribution in [1.29, 1.82) is 0 Å². The van der Waals surface area contributed by atoms with Crippen molar-refractivity contribution in [2.24, 2.45) is 0 Å². The van der Waals surface area contributed by atoms with Gasteiger partial charge in [-0.25, -0.2) is 0 Å². The minimum Gasteiger partial charge on any atom is -0.414 e. The fourth-order valence-corrected chi connectivity index (χ4v) is 3.55. The molecular formula is C17H19N5O5S. The maximum Gasteiger partial charge on any atom is 0.277 e. The number of hydrogen-bond donors (Lipinski definition) is 1. The highest BCUT2D eigenvalue weighted by Crippen LogP contribution is 2.21. The summed E-state index contributed by atoms with van der Waals surface area (Å²) in [5.74, 6) is -0.0250. The number of nitrogens with one attached hydrogen (secondary N) is 1. The normalized spacial score (nSPS) is 13.5. The highest BCUT2D eigenvalue weighted by Gasteiger charge is 2.20. The van der Waals surface area contributed by atoms with Gasteiger partial charge in [0.2, 0.25) is 11.8 Å². The molecule has 148 valence electrons. The Hall–Kier alpha value is -2.95. The lowest BCUT2D eigenvalue weighted by Gasteiger charge is -2.13. The number of rotatable bonds is 7. The first kappa shape index (κ1) is 19.8. The molecule has 0 saturated carbocycles. The zero-order valence-electron chi connectivity index (χ0n) is 15.2. The van der Waals surface area contributed by atoms with Crippen molar-refractivity contribution >= 4 is 29.3 Å². The molecule has 0 atom stereocenters. The molecule has 11 heteroatoms. The van der Waals surface area contributed by atoms with Crippen LogP contribution in [-0.2, 0) is 11.3 Å². The van der Waals surface area contributed by atoms with Gasteiger partial charge >= 0.3 is 0 Å². The van der Waals surface area contributed by atoms with Gasteiger partial charge in [0.15, 0.2) is 0 Å². The molecule has 3 rings (SSSR count). The fraction of sp³-hybridized carbons (Fsp3) is 0.412. The molecule has 1 aromatic carbocycles. The summed E-state index contributed by atoms with van der Waals surface area (Å²) in [6.07, 6.45) is 2.07. The second kappa shape index (κ2) is 8.83. The lowest BCUT2D eigenvalue weighted by Crippen LogP contribution is -2.29. The molecule has 1 aliphatic heterocycles. The van der Waals surface area contributed by atoms with E-state index in [4.69, 9.17) is 4.42 Å². The molecule has 0 radical (unpaired) electrons. The molecule has 1 aliphatic rings. The molecule has 0 unspecified atom stereocenters. The van der Waals surface area contributed by atoms with Crippen molar-refractivity contribution in [3.63, 3.8) is 0 Å². The number of aromatic nitrogens is 2. The number of carbonyl (C=O) groups is 2. The third kappa shape index (κ3) is 4.66. The van der Waals surface area contributed by atoms with Crippen molar-refractivity contribution in [3.8, 4) is 0 Å². The molecule has 0 spiro atoms. The number of likely N-dealkylation sites (tertiary alicyclic amines) is 1. The van der Waals surface area contributed by atoms with Crippen molar-refractivity contribution in [2.45, 2.75) is 31.5 Å². The van der Waals surface area contributed by atoms with Crippen LogP contribution in [-0.4, -0.2) is 50.7 Å². The molecular weight excluding hydrogens is 386 g/mol. The van der Waals surface area contributed by atoms with E-state index in [1.807, 2.05) is 4.90 Å². The minimum absolute atomic E-state index is 0.0192. The van der Waals surface area contributed by atoms with Crippen molar-refractivity contribution in [2.75, 3.05) is 18.8 Å². The Morgan fingerprint density at radius 2 is 2.07 bits per heavy atom. The maximum absolute atomic E-state index is 12.3. The van der Waals surface area contributed by atoms with Crippen LogP contribution in [0.5, 0.6) is 0 Å². The average molecular weight is 405 g/mol. The first-order valence-electron chi connectivity index (χ1n) is 8.71. The number of amides is 2. The molecule has 1 saturated heterocycles. The molecule has 1 N–H and O–H groups in total. The average Bonchev–Trinajstić information content (AvgIpc) is 3.36. The Morgan fingerprint density at radius 3 is 2.79 bits per heavy atom. The Balaban J connectivity index is 1.53. The first-order valence-corrected chi connectivity index (χ1v) is 9.69. The van der Waals surface area contributed by atoms with E-state index in [-0.39, 0.29) is 46.1 Å². The number of nitro groups is 1. The summed E-state index contributed by atoms with van der Waals surface area (Å²) >= 11 is 1.16. The van der Waals surface area contributed by atoms with Gasteiger partial charge in [0, 0.05) is 30.3 Å². The number of benzene rings is 1. The zero-order valence-corrected chi connectivity index (χ0v) is 16.0. The summed E-state index contributed by atoms with van der Waals surface area (Å²) in [4.78, 5) is 36.6. The summed E-state index contributed by atoms with van der Waals surface area (Å²) < 4.78 is 5.42. The van der Waals surface area contributed by atoms with Crippen molar-refractivity contribution < 1.29 is 18.9 Å². The van der Waals surface area contributed by atoms with E-state index < -0.39 is 10.8 Å². The largest absolute Gasteiger partial charge is 0.414 e. The second-order valence-electron chi connectivity index (χ2n) is 6.23. The smallest absolute Gasteiger partial charge is 0.277 e. The zero-order chi connectivity index (χ0) is 20.1. The maximum atomic E-state index is 12.3. The molecule has 10 nitrogen and oxygen atoms in total. The third-order valence-corrected chi connectivity index (χ3v) is 5.18. The van der Waals surface area contributed by atoms with Crippen LogP contribution < -0.4 is 5.32 Å². The third-order valence-electron chi connectivity index (χ3n) is 4.37. The number of nitrogens with zero attached hydrogens (tertiary/aromatic N) is 4. The Labute approximate surface area is 164 Å². The monoisotopic (exact) mass is 405 g/mol. The summed E-state index contributed by atoms with van der Waals surface area (Å²) in [6.45, 7) is 3.08. The molecule has 1 aromatic heterocycles. The number of thioether (sulfide) groups is 1. The number of carbonyl (C=O) groups excluding carboxylic acids is 2. The van der Waals surface area contributed by atoms with E-state index in [1.165, 1.54) is 25.1 Å². The Bertz CT molecular complexity index is 894. The van der Waals surface area contributed by atoms with E-state index >= 15 is 0 Å². The molecule has 2 aromatic rings. The number of nitro benzene ring substituents is 1. The van der Waals surface area contributed by atoms with Crippen LogP contribution in [0, 0.1) is 17.0 Å². The highest BCUT2D eigenvalue weighted by atomic mass is 32.2. The van der Waals surface area contributed by atoms with Crippen molar-refractivity contribution in [3.05, 3.63) is 45.3 Å². The Morgan fingerprint density at radius 1 is 1.32 bits per heavy atom. The molecule has 28 heavy (non-hydrogen) atoms. The summed E-state index contributed by atoms with van der Waals surface area (Å²) in [6, 6.07) is 4.31. The van der Waals surface area contributed by atoms with Gasteiger partial charge in [-0.2, -0.15) is 0 Å². The summed E-state index contributed by atoms with van der Waals surface area (Å²) in [5, 5.41) is 21.5. The van der Waals surface area contributed by atoms with Crippen LogP contribution in [0.3, 0.4) is 0 Å². The van der Waals surface area contributed by atoms with E-state index in [2.05, 4.69) is 15.5 Å². The van der Waals surface area contributed by atoms with Crippen molar-refractivity contribution in [1.82, 2.24) is 20.4 Å². The minimum atomic E-state index is -0.531. The quantitative estimate of drug-likeness (QED) is 0.420. The van der Waals surface area contributed by atoms with Gasteiger partial charge in [-0.15, -0.1) is 10.2 Å². The van der Waals surface area contributed by atoms with Crippen LogP contribution in [0.25, 0.3) is 0 Å². The first-order chi connectivity index (χ1) is 13.5. The predicted octanol–water partition coefficient (Wildman–Crippen LogP) is 1.93. The molecule has 0 aliphatic carbocycles. The second-order valence-corrected chi connectivity index (χ2v) is 7.15. The molecule has 1 fully saturated rings. The van der Waals surface area contributed by atoms with Gasteiger partial charge in [-0.3, -0.25) is 19.7 Å². The Kier molecular flexibility index (Phi) is 6.24. The standard InChI is InChI=1S/C17H19N5O5S/c1-11-12(5-4-6-13(11)22(25)26)16(24)18-9-14-19-20-17(27-14)28-10-15(23)21-7-2-3-8-21/h4-6H,2-3,7-10H2,1H3,(H,18,24). The van der Waals surface area contributed by atoms with E-state index in [1.54, 1.807) is 0 Å². The van der Waals surface area contributed by atoms with Crippen LogP contribution in [0.4, 0.5) is 5.69 Å². The highest BCUT2D eigenvalue weighted by molar-refractivity contribution is 7.99. The number of hydrogen-bond acceptors (Lipinski definition) is 8. The van der Waals surface area contributed by atoms with Gasteiger partial charge in [0.25, 0.3) is 16.8 Å². The van der Waals surface area contributed by atoms with Crippen LogP contribution in [0.2, 0.25) is 0 Å². The van der Waals surface area contributed by atoms with E-state index in [0.717, 1.165) is 37.7 Å². The van der Waals surface area contributed by atoms with Gasteiger partial charge in [-0.05, 0) is 25.8 Å². The van der Waals surface area contributed by atoms with E-state index in [0.29, 0.717) is 0 Å². The molecule has 0 bridgehead atoms. The lowest BCUT2D eigenvalue weighted by molar-refractivity contribution is -0.385. The SMILES string of the molecule is Cc1c(C(=O)NCc2nnc(SCC(=O)N3CCCC3)o2)cccc1[N+](=O)[O-]. The lowest BCUT2D eigenvalue weighted by atomic mass is 10.1. The van der Waals surface area contributed by atoms with Gasteiger partial charge in [-0.1, -0.05) is 17.8 Å². The van der Waals surface area contributed by atoms with Gasteiger partial charge in [0.05, 0.1) is 17.2 Å². The fourth-order valence-electron chi connectivity index (χ4n) is 2.87. The molecule has 2 amide bonds. The predicted molar refractivity (Wildman–Crippen MR) is 99.8 cm³/mol. The van der Waals surface area contributed by atoms with E-state index in [9.17, 15) is 19.7 Å². The van der Waals surface area contributed by atoms with Crippen LogP contribution in [0.1, 0.15) is 34.7 Å². The van der Waals surface area contributed by atoms with Crippen LogP contribution in [0.15, 0.2) is 27.8 Å². The van der Waals surface area contributed by atoms with Crippen LogP contribution >= 0.6 is 11.8 Å².